The smallest absolute Gasteiger partial charge is 0.0674 e. The Balaban J connectivity index is 1.89. The highest BCUT2D eigenvalue weighted by Crippen LogP contribution is 2.41. The van der Waals surface area contributed by atoms with Gasteiger partial charge in [0.1, 0.15) is 0 Å². The van der Waals surface area contributed by atoms with Crippen molar-refractivity contribution in [1.29, 1.82) is 0 Å². The molecule has 1 N–H and O–H groups in total. The first-order valence-electron chi connectivity index (χ1n) is 5.83. The molecule has 0 radical (unpaired) electrons. The molecule has 82 valence electrons. The first-order valence-corrected chi connectivity index (χ1v) is 5.83. The van der Waals surface area contributed by atoms with Gasteiger partial charge in [0.05, 0.1) is 11.2 Å². The van der Waals surface area contributed by atoms with E-state index < -0.39 is 0 Å². The van der Waals surface area contributed by atoms with Gasteiger partial charge >= 0.3 is 0 Å². The van der Waals surface area contributed by atoms with Crippen LogP contribution < -0.4 is 5.32 Å². The lowest BCUT2D eigenvalue weighted by Crippen LogP contribution is -2.36. The predicted molar refractivity (Wildman–Crippen MR) is 58.4 cm³/mol. The molecule has 1 unspecified atom stereocenters. The van der Waals surface area contributed by atoms with Crippen LogP contribution in [0.25, 0.3) is 0 Å². The van der Waals surface area contributed by atoms with Crippen LogP contribution in [0.2, 0.25) is 0 Å². The van der Waals surface area contributed by atoms with Gasteiger partial charge in [-0.2, -0.15) is 0 Å². The van der Waals surface area contributed by atoms with Crippen molar-refractivity contribution in [2.24, 2.45) is 5.92 Å². The third-order valence-electron chi connectivity index (χ3n) is 3.49. The summed E-state index contributed by atoms with van der Waals surface area (Å²) < 4.78 is 6.06. The van der Waals surface area contributed by atoms with Crippen molar-refractivity contribution in [2.45, 2.75) is 64.2 Å². The Labute approximate surface area is 87.4 Å². The van der Waals surface area contributed by atoms with E-state index in [-0.39, 0.29) is 11.2 Å². The van der Waals surface area contributed by atoms with Crippen LogP contribution in [-0.2, 0) is 4.74 Å². The Morgan fingerprint density at radius 3 is 2.29 bits per heavy atom. The number of hydrogen-bond donors (Lipinski definition) is 1. The fourth-order valence-electron chi connectivity index (χ4n) is 2.59. The highest BCUT2D eigenvalue weighted by Gasteiger charge is 2.45. The molecule has 0 aromatic carbocycles. The fourth-order valence-corrected chi connectivity index (χ4v) is 2.59. The van der Waals surface area contributed by atoms with Gasteiger partial charge in [-0.05, 0) is 47.0 Å². The van der Waals surface area contributed by atoms with Gasteiger partial charge in [0.2, 0.25) is 0 Å². The zero-order chi connectivity index (χ0) is 10.4. The van der Waals surface area contributed by atoms with Crippen LogP contribution >= 0.6 is 0 Å². The van der Waals surface area contributed by atoms with E-state index in [9.17, 15) is 0 Å². The SMILES string of the molecule is CC1(C)CC(CNC2CC2)C(C)(C)O1. The summed E-state index contributed by atoms with van der Waals surface area (Å²) in [4.78, 5) is 0. The normalized spacial score (nSPS) is 34.7. The molecule has 1 saturated heterocycles. The Morgan fingerprint density at radius 1 is 1.21 bits per heavy atom. The summed E-state index contributed by atoms with van der Waals surface area (Å²) in [5.74, 6) is 0.665. The molecule has 2 rings (SSSR count). The quantitative estimate of drug-likeness (QED) is 0.750. The minimum absolute atomic E-state index is 0.0470. The van der Waals surface area contributed by atoms with E-state index in [2.05, 4.69) is 33.0 Å². The minimum atomic E-state index is 0.0470. The van der Waals surface area contributed by atoms with Crippen molar-refractivity contribution in [1.82, 2.24) is 5.32 Å². The molecule has 2 aliphatic rings. The monoisotopic (exact) mass is 197 g/mol. The third-order valence-corrected chi connectivity index (χ3v) is 3.49. The first kappa shape index (κ1) is 10.4. The number of hydrogen-bond acceptors (Lipinski definition) is 2. The summed E-state index contributed by atoms with van der Waals surface area (Å²) >= 11 is 0. The third kappa shape index (κ3) is 2.29. The van der Waals surface area contributed by atoms with Gasteiger partial charge in [-0.25, -0.2) is 0 Å². The maximum Gasteiger partial charge on any atom is 0.0674 e. The van der Waals surface area contributed by atoms with Crippen molar-refractivity contribution in [3.63, 3.8) is 0 Å². The summed E-state index contributed by atoms with van der Waals surface area (Å²) in [7, 11) is 0. The Hall–Kier alpha value is -0.0800. The molecule has 14 heavy (non-hydrogen) atoms. The lowest BCUT2D eigenvalue weighted by Gasteiger charge is -2.27. The van der Waals surface area contributed by atoms with E-state index >= 15 is 0 Å². The maximum atomic E-state index is 6.06. The van der Waals surface area contributed by atoms with Gasteiger partial charge in [0.25, 0.3) is 0 Å². The van der Waals surface area contributed by atoms with Gasteiger partial charge < -0.3 is 10.1 Å². The van der Waals surface area contributed by atoms with Gasteiger partial charge in [0.15, 0.2) is 0 Å². The maximum absolute atomic E-state index is 6.06. The second-order valence-corrected chi connectivity index (χ2v) is 6.05. The summed E-state index contributed by atoms with van der Waals surface area (Å²) in [5.41, 5.74) is 0.116. The average molecular weight is 197 g/mol. The number of nitrogens with one attached hydrogen (secondary N) is 1. The molecule has 2 heteroatoms. The van der Waals surface area contributed by atoms with E-state index in [4.69, 9.17) is 4.74 Å². The van der Waals surface area contributed by atoms with E-state index in [1.807, 2.05) is 0 Å². The summed E-state index contributed by atoms with van der Waals surface area (Å²) in [6.45, 7) is 9.97. The molecule has 0 aromatic rings. The van der Waals surface area contributed by atoms with Crippen LogP contribution in [0.1, 0.15) is 47.0 Å². The lowest BCUT2D eigenvalue weighted by atomic mass is 9.87. The molecule has 1 aliphatic carbocycles. The molecule has 0 amide bonds. The molecule has 0 spiro atoms. The Bertz CT molecular complexity index is 218. The van der Waals surface area contributed by atoms with Crippen molar-refractivity contribution in [3.05, 3.63) is 0 Å². The summed E-state index contributed by atoms with van der Waals surface area (Å²) in [6, 6.07) is 0.814. The molecule has 1 aliphatic heterocycles. The summed E-state index contributed by atoms with van der Waals surface area (Å²) in [5, 5.41) is 3.61. The van der Waals surface area contributed by atoms with Crippen LogP contribution in [0.5, 0.6) is 0 Å². The second kappa shape index (κ2) is 3.21. The molecule has 1 atom stereocenters. The molecule has 0 aromatic heterocycles. The van der Waals surface area contributed by atoms with E-state index in [0.717, 1.165) is 12.6 Å². The number of ether oxygens (including phenoxy) is 1. The Kier molecular flexibility index (Phi) is 2.39. The molecular formula is C12H23NO. The van der Waals surface area contributed by atoms with Crippen LogP contribution in [-0.4, -0.2) is 23.8 Å². The molecule has 0 bridgehead atoms. The van der Waals surface area contributed by atoms with Crippen molar-refractivity contribution >= 4 is 0 Å². The van der Waals surface area contributed by atoms with Crippen LogP contribution in [0.4, 0.5) is 0 Å². The first-order chi connectivity index (χ1) is 6.39. The van der Waals surface area contributed by atoms with Gasteiger partial charge in [-0.1, -0.05) is 0 Å². The lowest BCUT2D eigenvalue weighted by molar-refractivity contribution is -0.0742. The van der Waals surface area contributed by atoms with Crippen molar-refractivity contribution < 1.29 is 4.74 Å². The zero-order valence-corrected chi connectivity index (χ0v) is 9.89. The topological polar surface area (TPSA) is 21.3 Å². The standard InChI is InChI=1S/C12H23NO/c1-11(2)7-9(12(3,4)14-11)8-13-10-5-6-10/h9-10,13H,5-8H2,1-4H3. The van der Waals surface area contributed by atoms with Gasteiger partial charge in [-0.15, -0.1) is 0 Å². The number of rotatable bonds is 3. The van der Waals surface area contributed by atoms with E-state index in [0.29, 0.717) is 5.92 Å². The molecule has 2 nitrogen and oxygen atoms in total. The highest BCUT2D eigenvalue weighted by atomic mass is 16.5. The largest absolute Gasteiger partial charge is 0.369 e. The van der Waals surface area contributed by atoms with Crippen molar-refractivity contribution in [3.8, 4) is 0 Å². The van der Waals surface area contributed by atoms with Crippen LogP contribution in [0.3, 0.4) is 0 Å². The highest BCUT2D eigenvalue weighted by molar-refractivity contribution is 4.96. The predicted octanol–water partition coefficient (Wildman–Crippen LogP) is 2.33. The summed E-state index contributed by atoms with van der Waals surface area (Å²) in [6.07, 6.45) is 3.93. The molecule has 1 saturated carbocycles. The second-order valence-electron chi connectivity index (χ2n) is 6.05. The van der Waals surface area contributed by atoms with Crippen molar-refractivity contribution in [2.75, 3.05) is 6.54 Å². The molecule has 1 heterocycles. The van der Waals surface area contributed by atoms with Gasteiger partial charge in [-0.3, -0.25) is 0 Å². The average Bonchev–Trinajstić information content (AvgIpc) is 2.74. The van der Waals surface area contributed by atoms with E-state index in [1.165, 1.54) is 19.3 Å². The van der Waals surface area contributed by atoms with Crippen LogP contribution in [0.15, 0.2) is 0 Å². The fraction of sp³-hybridized carbons (Fsp3) is 1.00. The van der Waals surface area contributed by atoms with Gasteiger partial charge in [0, 0.05) is 18.5 Å². The van der Waals surface area contributed by atoms with E-state index in [1.54, 1.807) is 0 Å². The Morgan fingerprint density at radius 2 is 1.86 bits per heavy atom. The van der Waals surface area contributed by atoms with Crippen LogP contribution in [0, 0.1) is 5.92 Å². The molecule has 2 fully saturated rings. The minimum Gasteiger partial charge on any atom is -0.369 e. The molecular weight excluding hydrogens is 174 g/mol. The zero-order valence-electron chi connectivity index (χ0n) is 9.89.